The van der Waals surface area contributed by atoms with Crippen LogP contribution in [-0.2, 0) is 9.53 Å². The first-order valence-electron chi connectivity index (χ1n) is 7.96. The van der Waals surface area contributed by atoms with Gasteiger partial charge in [0.2, 0.25) is 0 Å². The normalized spacial score (nSPS) is 10.9. The van der Waals surface area contributed by atoms with Gasteiger partial charge in [0.1, 0.15) is 11.6 Å². The molecule has 1 amide bonds. The summed E-state index contributed by atoms with van der Waals surface area (Å²) in [4.78, 5) is 12.1. The number of methoxy groups -OCH3 is 2. The molecule has 0 aromatic heterocycles. The highest BCUT2D eigenvalue weighted by Crippen LogP contribution is 2.37. The molecular weight excluding hydrogens is 344 g/mol. The number of amides is 1. The summed E-state index contributed by atoms with van der Waals surface area (Å²) in [6, 6.07) is 5.20. The van der Waals surface area contributed by atoms with E-state index in [2.05, 4.69) is 5.32 Å². The lowest BCUT2D eigenvalue weighted by Gasteiger charge is -2.13. The van der Waals surface area contributed by atoms with E-state index in [0.717, 1.165) is 6.42 Å². The molecule has 0 saturated heterocycles. The molecule has 1 rings (SSSR count). The highest BCUT2D eigenvalue weighted by atomic mass is 35.5. The second-order valence-electron chi connectivity index (χ2n) is 5.15. The first kappa shape index (κ1) is 20.8. The van der Waals surface area contributed by atoms with Gasteiger partial charge in [0.25, 0.3) is 5.91 Å². The number of carbonyl (C=O) groups excluding carboxylic acids is 1. The van der Waals surface area contributed by atoms with Gasteiger partial charge in [-0.05, 0) is 36.6 Å². The summed E-state index contributed by atoms with van der Waals surface area (Å²) in [5, 5.41) is 12.3. The molecule has 0 spiro atoms. The Morgan fingerprint density at radius 3 is 2.72 bits per heavy atom. The van der Waals surface area contributed by atoms with Gasteiger partial charge in [-0.1, -0.05) is 18.5 Å². The summed E-state index contributed by atoms with van der Waals surface area (Å²) in [5.41, 5.74) is 0.562. The van der Waals surface area contributed by atoms with Crippen LogP contribution >= 0.6 is 11.6 Å². The van der Waals surface area contributed by atoms with Crippen molar-refractivity contribution in [1.29, 1.82) is 5.26 Å². The standard InChI is InChI=1S/C18H23ClN2O4/c1-4-7-25-17-15(19)10-13(11-16(17)24-3)9-14(12-20)18(22)21-6-5-8-23-2/h9-11H,4-8H2,1-3H3,(H,21,22)/b14-9-. The third-order valence-electron chi connectivity index (χ3n) is 3.19. The maximum Gasteiger partial charge on any atom is 0.261 e. The Balaban J connectivity index is 2.97. The topological polar surface area (TPSA) is 80.6 Å². The first-order chi connectivity index (χ1) is 12.1. The molecule has 1 aromatic carbocycles. The largest absolute Gasteiger partial charge is 0.493 e. The molecule has 0 aliphatic rings. The minimum atomic E-state index is -0.444. The number of ether oxygens (including phenoxy) is 3. The van der Waals surface area contributed by atoms with Gasteiger partial charge in [-0.25, -0.2) is 0 Å². The number of nitrogens with zero attached hydrogens (tertiary/aromatic N) is 1. The Morgan fingerprint density at radius 2 is 2.12 bits per heavy atom. The fourth-order valence-corrected chi connectivity index (χ4v) is 2.27. The highest BCUT2D eigenvalue weighted by Gasteiger charge is 2.13. The Hall–Kier alpha value is -2.23. The summed E-state index contributed by atoms with van der Waals surface area (Å²) < 4.78 is 15.8. The van der Waals surface area contributed by atoms with Crippen molar-refractivity contribution in [3.63, 3.8) is 0 Å². The number of rotatable bonds is 10. The summed E-state index contributed by atoms with van der Waals surface area (Å²) in [5.74, 6) is 0.454. The SMILES string of the molecule is CCCOc1c(Cl)cc(/C=C(/C#N)C(=O)NCCCOC)cc1OC. The Bertz CT molecular complexity index is 653. The van der Waals surface area contributed by atoms with Crippen LogP contribution in [0.3, 0.4) is 0 Å². The maximum absolute atomic E-state index is 12.1. The smallest absolute Gasteiger partial charge is 0.261 e. The van der Waals surface area contributed by atoms with Gasteiger partial charge in [0, 0.05) is 20.3 Å². The van der Waals surface area contributed by atoms with Crippen LogP contribution in [-0.4, -0.2) is 39.9 Å². The first-order valence-corrected chi connectivity index (χ1v) is 8.34. The number of hydrogen-bond donors (Lipinski definition) is 1. The van der Waals surface area contributed by atoms with Crippen LogP contribution in [0.15, 0.2) is 17.7 Å². The Morgan fingerprint density at radius 1 is 1.36 bits per heavy atom. The van der Waals surface area contributed by atoms with Gasteiger partial charge in [0.15, 0.2) is 11.5 Å². The lowest BCUT2D eigenvalue weighted by atomic mass is 10.1. The van der Waals surface area contributed by atoms with Crippen LogP contribution < -0.4 is 14.8 Å². The predicted octanol–water partition coefficient (Wildman–Crippen LogP) is 3.20. The monoisotopic (exact) mass is 366 g/mol. The van der Waals surface area contributed by atoms with Crippen molar-refractivity contribution >= 4 is 23.6 Å². The summed E-state index contributed by atoms with van der Waals surface area (Å²) >= 11 is 6.24. The Labute approximate surface area is 153 Å². The van der Waals surface area contributed by atoms with E-state index in [1.54, 1.807) is 19.2 Å². The molecule has 1 aromatic rings. The highest BCUT2D eigenvalue weighted by molar-refractivity contribution is 6.32. The van der Waals surface area contributed by atoms with Gasteiger partial charge >= 0.3 is 0 Å². The van der Waals surface area contributed by atoms with Crippen LogP contribution in [0.2, 0.25) is 5.02 Å². The van der Waals surface area contributed by atoms with E-state index >= 15 is 0 Å². The molecule has 0 fully saturated rings. The number of nitrogens with one attached hydrogen (secondary N) is 1. The summed E-state index contributed by atoms with van der Waals surface area (Å²) in [7, 11) is 3.10. The predicted molar refractivity (Wildman–Crippen MR) is 96.9 cm³/mol. The third-order valence-corrected chi connectivity index (χ3v) is 3.47. The molecule has 0 aliphatic carbocycles. The van der Waals surface area contributed by atoms with E-state index in [9.17, 15) is 10.1 Å². The average molecular weight is 367 g/mol. The molecular formula is C18H23ClN2O4. The van der Waals surface area contributed by atoms with Crippen molar-refractivity contribution in [3.8, 4) is 17.6 Å². The van der Waals surface area contributed by atoms with Gasteiger partial charge < -0.3 is 19.5 Å². The summed E-state index contributed by atoms with van der Waals surface area (Å²) in [6.07, 6.45) is 2.97. The zero-order valence-corrected chi connectivity index (χ0v) is 15.5. The quantitative estimate of drug-likeness (QED) is 0.390. The van der Waals surface area contributed by atoms with Crippen molar-refractivity contribution in [2.24, 2.45) is 0 Å². The minimum absolute atomic E-state index is 0.0160. The van der Waals surface area contributed by atoms with Crippen molar-refractivity contribution in [1.82, 2.24) is 5.32 Å². The summed E-state index contributed by atoms with van der Waals surface area (Å²) in [6.45, 7) is 3.47. The Kier molecular flexibility index (Phi) is 9.45. The average Bonchev–Trinajstić information content (AvgIpc) is 2.61. The molecule has 0 heterocycles. The second-order valence-corrected chi connectivity index (χ2v) is 5.56. The van der Waals surface area contributed by atoms with Gasteiger partial charge in [-0.3, -0.25) is 4.79 Å². The number of hydrogen-bond acceptors (Lipinski definition) is 5. The van der Waals surface area contributed by atoms with E-state index < -0.39 is 5.91 Å². The molecule has 0 saturated carbocycles. The minimum Gasteiger partial charge on any atom is -0.493 e. The van der Waals surface area contributed by atoms with Crippen molar-refractivity contribution in [2.45, 2.75) is 19.8 Å². The van der Waals surface area contributed by atoms with Crippen LogP contribution in [0.4, 0.5) is 0 Å². The fourth-order valence-electron chi connectivity index (χ4n) is 2.00. The van der Waals surface area contributed by atoms with E-state index in [-0.39, 0.29) is 5.57 Å². The number of nitriles is 1. The molecule has 0 atom stereocenters. The van der Waals surface area contributed by atoms with Gasteiger partial charge in [-0.15, -0.1) is 0 Å². The third kappa shape index (κ3) is 6.65. The molecule has 7 heteroatoms. The van der Waals surface area contributed by atoms with E-state index in [4.69, 9.17) is 25.8 Å². The van der Waals surface area contributed by atoms with Gasteiger partial charge in [0.05, 0.1) is 18.7 Å². The molecule has 0 unspecified atom stereocenters. The van der Waals surface area contributed by atoms with E-state index in [0.29, 0.717) is 48.3 Å². The fraction of sp³-hybridized carbons (Fsp3) is 0.444. The number of carbonyl (C=O) groups is 1. The molecule has 0 aliphatic heterocycles. The lowest BCUT2D eigenvalue weighted by molar-refractivity contribution is -0.117. The van der Waals surface area contributed by atoms with Gasteiger partial charge in [-0.2, -0.15) is 5.26 Å². The molecule has 25 heavy (non-hydrogen) atoms. The number of benzene rings is 1. The molecule has 136 valence electrons. The number of halogens is 1. The van der Waals surface area contributed by atoms with Crippen LogP contribution in [0.1, 0.15) is 25.3 Å². The van der Waals surface area contributed by atoms with Crippen molar-refractivity contribution in [2.75, 3.05) is 34.0 Å². The van der Waals surface area contributed by atoms with E-state index in [1.165, 1.54) is 13.2 Å². The molecule has 0 radical (unpaired) electrons. The lowest BCUT2D eigenvalue weighted by Crippen LogP contribution is -2.26. The van der Waals surface area contributed by atoms with Crippen LogP contribution in [0.25, 0.3) is 6.08 Å². The molecule has 1 N–H and O–H groups in total. The van der Waals surface area contributed by atoms with Crippen molar-refractivity contribution in [3.05, 3.63) is 28.3 Å². The van der Waals surface area contributed by atoms with E-state index in [1.807, 2.05) is 13.0 Å². The van der Waals surface area contributed by atoms with Crippen LogP contribution in [0.5, 0.6) is 11.5 Å². The zero-order valence-electron chi connectivity index (χ0n) is 14.7. The zero-order chi connectivity index (χ0) is 18.7. The maximum atomic E-state index is 12.1. The molecule has 0 bridgehead atoms. The second kappa shape index (κ2) is 11.3. The molecule has 6 nitrogen and oxygen atoms in total. The van der Waals surface area contributed by atoms with Crippen LogP contribution in [0, 0.1) is 11.3 Å². The van der Waals surface area contributed by atoms with Crippen molar-refractivity contribution < 1.29 is 19.0 Å².